The predicted molar refractivity (Wildman–Crippen MR) is 91.2 cm³/mol. The quantitative estimate of drug-likeness (QED) is 0.886. The zero-order valence-electron chi connectivity index (χ0n) is 14.2. The molecular weight excluding hydrogens is 306 g/mol. The molecule has 2 aromatic heterocycles. The van der Waals surface area contributed by atoms with Crippen LogP contribution < -0.4 is 10.9 Å². The molecule has 0 bridgehead atoms. The van der Waals surface area contributed by atoms with Crippen LogP contribution in [-0.2, 0) is 0 Å². The summed E-state index contributed by atoms with van der Waals surface area (Å²) < 4.78 is 1.27. The van der Waals surface area contributed by atoms with E-state index in [-0.39, 0.29) is 17.0 Å². The van der Waals surface area contributed by atoms with Gasteiger partial charge in [0, 0.05) is 12.2 Å². The summed E-state index contributed by atoms with van der Waals surface area (Å²) in [5.41, 5.74) is -0.397. The van der Waals surface area contributed by atoms with Crippen LogP contribution >= 0.6 is 0 Å². The average molecular weight is 329 g/mol. The standard InChI is InChI=1S/C18H23N3O3/c1-11-8-12(10-18(2,3)9-11)19-15(22)14-16(23)20-13-6-4-5-7-21(13)17(14)24/h4-7,11-12,23H,8-10H2,1-3H3,(H,19,22). The van der Waals surface area contributed by atoms with Gasteiger partial charge in [0.25, 0.3) is 11.5 Å². The number of aromatic hydroxyl groups is 1. The van der Waals surface area contributed by atoms with Crippen molar-refractivity contribution in [2.45, 2.75) is 46.1 Å². The summed E-state index contributed by atoms with van der Waals surface area (Å²) in [5.74, 6) is -0.576. The van der Waals surface area contributed by atoms with E-state index in [1.165, 1.54) is 10.6 Å². The Morgan fingerprint density at radius 3 is 2.83 bits per heavy atom. The van der Waals surface area contributed by atoms with Crippen molar-refractivity contribution in [3.63, 3.8) is 0 Å². The second-order valence-electron chi connectivity index (χ2n) is 7.63. The maximum Gasteiger partial charge on any atom is 0.274 e. The van der Waals surface area contributed by atoms with Crippen molar-refractivity contribution in [2.24, 2.45) is 11.3 Å². The van der Waals surface area contributed by atoms with Crippen molar-refractivity contribution < 1.29 is 9.90 Å². The normalized spacial score (nSPS) is 23.1. The Labute approximate surface area is 140 Å². The van der Waals surface area contributed by atoms with E-state index in [2.05, 4.69) is 31.1 Å². The highest BCUT2D eigenvalue weighted by Gasteiger charge is 2.33. The zero-order valence-corrected chi connectivity index (χ0v) is 14.2. The predicted octanol–water partition coefficient (Wildman–Crippen LogP) is 2.34. The number of aromatic nitrogens is 2. The fourth-order valence-corrected chi connectivity index (χ4v) is 3.99. The topological polar surface area (TPSA) is 83.7 Å². The van der Waals surface area contributed by atoms with Gasteiger partial charge in [0.05, 0.1) is 0 Å². The van der Waals surface area contributed by atoms with E-state index in [4.69, 9.17) is 0 Å². The molecule has 0 radical (unpaired) electrons. The van der Waals surface area contributed by atoms with Crippen LogP contribution in [0.5, 0.6) is 5.88 Å². The first-order chi connectivity index (χ1) is 11.3. The van der Waals surface area contributed by atoms with Crippen LogP contribution in [0.3, 0.4) is 0 Å². The van der Waals surface area contributed by atoms with Gasteiger partial charge in [0.1, 0.15) is 5.65 Å². The van der Waals surface area contributed by atoms with E-state index in [0.717, 1.165) is 19.3 Å². The minimum absolute atomic E-state index is 0.00785. The number of nitrogens with one attached hydrogen (secondary N) is 1. The molecule has 1 amide bonds. The van der Waals surface area contributed by atoms with E-state index in [1.807, 2.05) is 0 Å². The van der Waals surface area contributed by atoms with Gasteiger partial charge in [-0.15, -0.1) is 0 Å². The van der Waals surface area contributed by atoms with Gasteiger partial charge in [0.15, 0.2) is 5.56 Å². The van der Waals surface area contributed by atoms with E-state index in [1.54, 1.807) is 18.2 Å². The smallest absolute Gasteiger partial charge is 0.274 e. The molecule has 2 N–H and O–H groups in total. The Kier molecular flexibility index (Phi) is 4.07. The molecule has 0 spiro atoms. The third-order valence-corrected chi connectivity index (χ3v) is 4.66. The molecule has 0 aliphatic heterocycles. The van der Waals surface area contributed by atoms with Gasteiger partial charge in [-0.3, -0.25) is 14.0 Å². The number of hydrogen-bond acceptors (Lipinski definition) is 4. The molecular formula is C18H23N3O3. The molecule has 2 heterocycles. The number of carbonyl (C=O) groups excluding carboxylic acids is 1. The van der Waals surface area contributed by atoms with Crippen molar-refractivity contribution in [1.82, 2.24) is 14.7 Å². The maximum absolute atomic E-state index is 12.6. The van der Waals surface area contributed by atoms with Crippen LogP contribution in [-0.4, -0.2) is 26.4 Å². The monoisotopic (exact) mass is 329 g/mol. The Morgan fingerprint density at radius 1 is 1.38 bits per heavy atom. The van der Waals surface area contributed by atoms with Gasteiger partial charge in [-0.1, -0.05) is 26.8 Å². The second-order valence-corrected chi connectivity index (χ2v) is 7.63. The third kappa shape index (κ3) is 3.13. The lowest BCUT2D eigenvalue weighted by atomic mass is 9.70. The molecule has 2 unspecified atom stereocenters. The van der Waals surface area contributed by atoms with Gasteiger partial charge in [-0.25, -0.2) is 0 Å². The molecule has 24 heavy (non-hydrogen) atoms. The molecule has 1 saturated carbocycles. The molecule has 0 saturated heterocycles. The maximum atomic E-state index is 12.6. The number of fused-ring (bicyclic) bond motifs is 1. The SMILES string of the molecule is CC1CC(NC(=O)c2c(O)nc3ccccn3c2=O)CC(C)(C)C1. The molecule has 1 aliphatic carbocycles. The summed E-state index contributed by atoms with van der Waals surface area (Å²) in [7, 11) is 0. The van der Waals surface area contributed by atoms with Crippen LogP contribution in [0.15, 0.2) is 29.2 Å². The van der Waals surface area contributed by atoms with Crippen molar-refractivity contribution in [1.29, 1.82) is 0 Å². The Bertz CT molecular complexity index is 841. The molecule has 1 fully saturated rings. The molecule has 0 aromatic carbocycles. The number of nitrogens with zero attached hydrogens (tertiary/aromatic N) is 2. The van der Waals surface area contributed by atoms with Crippen molar-refractivity contribution in [3.05, 3.63) is 40.3 Å². The summed E-state index contributed by atoms with van der Waals surface area (Å²) in [5, 5.41) is 13.0. The Hall–Kier alpha value is -2.37. The first kappa shape index (κ1) is 16.5. The minimum atomic E-state index is -0.557. The molecule has 2 aromatic rings. The van der Waals surface area contributed by atoms with Crippen LogP contribution in [0.2, 0.25) is 0 Å². The van der Waals surface area contributed by atoms with Gasteiger partial charge < -0.3 is 10.4 Å². The highest BCUT2D eigenvalue weighted by atomic mass is 16.3. The Balaban J connectivity index is 1.91. The summed E-state index contributed by atoms with van der Waals surface area (Å²) in [6.45, 7) is 6.54. The van der Waals surface area contributed by atoms with Gasteiger partial charge >= 0.3 is 0 Å². The number of pyridine rings is 1. The molecule has 1 aliphatic rings. The molecule has 6 nitrogen and oxygen atoms in total. The molecule has 2 atom stereocenters. The lowest BCUT2D eigenvalue weighted by Crippen LogP contribution is -2.44. The largest absolute Gasteiger partial charge is 0.493 e. The summed E-state index contributed by atoms with van der Waals surface area (Å²) >= 11 is 0. The van der Waals surface area contributed by atoms with Crippen LogP contribution in [0, 0.1) is 11.3 Å². The molecule has 3 rings (SSSR count). The highest BCUT2D eigenvalue weighted by molar-refractivity contribution is 5.96. The molecule has 128 valence electrons. The van der Waals surface area contributed by atoms with Crippen molar-refractivity contribution >= 4 is 11.6 Å². The zero-order chi connectivity index (χ0) is 17.5. The summed E-state index contributed by atoms with van der Waals surface area (Å²) in [6, 6.07) is 4.99. The van der Waals surface area contributed by atoms with Gasteiger partial charge in [0.2, 0.25) is 5.88 Å². The first-order valence-electron chi connectivity index (χ1n) is 8.28. The van der Waals surface area contributed by atoms with Gasteiger partial charge in [-0.05, 0) is 42.7 Å². The number of rotatable bonds is 2. The van der Waals surface area contributed by atoms with E-state index in [0.29, 0.717) is 11.6 Å². The first-order valence-corrected chi connectivity index (χ1v) is 8.28. The number of amides is 1. The lowest BCUT2D eigenvalue weighted by molar-refractivity contribution is 0.0869. The Morgan fingerprint density at radius 2 is 2.12 bits per heavy atom. The molecule has 6 heteroatoms. The number of carbonyl (C=O) groups is 1. The lowest BCUT2D eigenvalue weighted by Gasteiger charge is -2.39. The summed E-state index contributed by atoms with van der Waals surface area (Å²) in [6.07, 6.45) is 4.38. The number of hydrogen-bond donors (Lipinski definition) is 2. The third-order valence-electron chi connectivity index (χ3n) is 4.66. The van der Waals surface area contributed by atoms with E-state index >= 15 is 0 Å². The minimum Gasteiger partial charge on any atom is -0.493 e. The van der Waals surface area contributed by atoms with Crippen molar-refractivity contribution in [3.8, 4) is 5.88 Å². The highest BCUT2D eigenvalue weighted by Crippen LogP contribution is 2.38. The second kappa shape index (κ2) is 5.92. The van der Waals surface area contributed by atoms with E-state index in [9.17, 15) is 14.7 Å². The van der Waals surface area contributed by atoms with Crippen LogP contribution in [0.25, 0.3) is 5.65 Å². The summed E-state index contributed by atoms with van der Waals surface area (Å²) in [4.78, 5) is 29.1. The van der Waals surface area contributed by atoms with Crippen molar-refractivity contribution in [2.75, 3.05) is 0 Å². The fraction of sp³-hybridized carbons (Fsp3) is 0.500. The van der Waals surface area contributed by atoms with Crippen LogP contribution in [0.4, 0.5) is 0 Å². The van der Waals surface area contributed by atoms with Gasteiger partial charge in [-0.2, -0.15) is 4.98 Å². The van der Waals surface area contributed by atoms with E-state index < -0.39 is 17.3 Å². The van der Waals surface area contributed by atoms with Crippen LogP contribution in [0.1, 0.15) is 50.4 Å². The fourth-order valence-electron chi connectivity index (χ4n) is 3.99. The average Bonchev–Trinajstić information content (AvgIpc) is 2.44.